The van der Waals surface area contributed by atoms with E-state index in [4.69, 9.17) is 0 Å². The molecule has 0 atom stereocenters. The molecule has 0 amide bonds. The third kappa shape index (κ3) is 1.48. The lowest BCUT2D eigenvalue weighted by Gasteiger charge is -2.12. The number of hydrogen-bond donors (Lipinski definition) is 0. The van der Waals surface area contributed by atoms with E-state index in [1.54, 1.807) is 6.20 Å². The zero-order chi connectivity index (χ0) is 12.8. The van der Waals surface area contributed by atoms with E-state index in [0.717, 1.165) is 27.4 Å². The number of fused-ring (bicyclic) bond motifs is 4. The van der Waals surface area contributed by atoms with E-state index in [1.165, 1.54) is 0 Å². The van der Waals surface area contributed by atoms with Crippen molar-refractivity contribution in [2.45, 2.75) is 6.42 Å². The number of pyridine rings is 2. The van der Waals surface area contributed by atoms with Crippen LogP contribution in [0.5, 0.6) is 0 Å². The van der Waals surface area contributed by atoms with Crippen LogP contribution in [0.15, 0.2) is 42.6 Å². The van der Waals surface area contributed by atoms with E-state index in [9.17, 15) is 4.79 Å². The molecular formula is C16H10N2O. The van der Waals surface area contributed by atoms with Crippen molar-refractivity contribution in [3.63, 3.8) is 0 Å². The summed E-state index contributed by atoms with van der Waals surface area (Å²) >= 11 is 0. The summed E-state index contributed by atoms with van der Waals surface area (Å²) in [5.74, 6) is 0.141. The summed E-state index contributed by atoms with van der Waals surface area (Å²) in [5, 5.41) is 1.89. The summed E-state index contributed by atoms with van der Waals surface area (Å²) in [6, 6.07) is 9.90. The average molecular weight is 246 g/mol. The van der Waals surface area contributed by atoms with Gasteiger partial charge < -0.3 is 0 Å². The van der Waals surface area contributed by atoms with E-state index in [0.29, 0.717) is 12.1 Å². The maximum atomic E-state index is 12.1. The number of ketones is 1. The molecule has 0 saturated heterocycles. The van der Waals surface area contributed by atoms with Crippen molar-refractivity contribution in [3.05, 3.63) is 53.7 Å². The number of nitrogens with zero attached hydrogens (tertiary/aromatic N) is 2. The minimum absolute atomic E-state index is 0.141. The topological polar surface area (TPSA) is 42.9 Å². The minimum atomic E-state index is 0.141. The predicted octanol–water partition coefficient (Wildman–Crippen LogP) is 3.38. The van der Waals surface area contributed by atoms with Gasteiger partial charge in [-0.15, -0.1) is 0 Å². The predicted molar refractivity (Wildman–Crippen MR) is 75.0 cm³/mol. The van der Waals surface area contributed by atoms with Crippen molar-refractivity contribution in [2.24, 2.45) is 0 Å². The number of benzene rings is 1. The molecule has 1 aromatic carbocycles. The molecule has 4 rings (SSSR count). The maximum absolute atomic E-state index is 12.1. The monoisotopic (exact) mass is 246 g/mol. The zero-order valence-electron chi connectivity index (χ0n) is 10.1. The molecule has 3 nitrogen and oxygen atoms in total. The summed E-state index contributed by atoms with van der Waals surface area (Å²) in [5.41, 5.74) is 3.19. The first-order chi connectivity index (χ1) is 9.33. The molecule has 0 N–H and O–H groups in total. The molecule has 2 aromatic heterocycles. The van der Waals surface area contributed by atoms with Gasteiger partial charge >= 0.3 is 0 Å². The van der Waals surface area contributed by atoms with Crippen molar-refractivity contribution in [2.75, 3.05) is 0 Å². The van der Waals surface area contributed by atoms with Gasteiger partial charge in [0.2, 0.25) is 0 Å². The highest BCUT2D eigenvalue weighted by atomic mass is 16.1. The smallest absolute Gasteiger partial charge is 0.168 e. The standard InChI is InChI=1S/C16H10N2O/c19-14-7-3-5-11-9-17-16-12(15(11)14)8-10-4-1-2-6-13(10)18-16/h1-6,8-9H,7H2. The lowest BCUT2D eigenvalue weighted by molar-refractivity contribution is 0.0996. The summed E-state index contributed by atoms with van der Waals surface area (Å²) in [6.07, 6.45) is 6.02. The number of allylic oxidation sites excluding steroid dienone is 1. The third-order valence-electron chi connectivity index (χ3n) is 3.47. The molecule has 3 heteroatoms. The normalized spacial score (nSPS) is 14.0. The molecule has 19 heavy (non-hydrogen) atoms. The average Bonchev–Trinajstić information content (AvgIpc) is 2.45. The quantitative estimate of drug-likeness (QED) is 0.571. The molecule has 90 valence electrons. The van der Waals surface area contributed by atoms with Crippen molar-refractivity contribution < 1.29 is 4.79 Å². The van der Waals surface area contributed by atoms with Crippen molar-refractivity contribution in [3.8, 4) is 0 Å². The summed E-state index contributed by atoms with van der Waals surface area (Å²) in [6.45, 7) is 0. The van der Waals surface area contributed by atoms with E-state index in [-0.39, 0.29) is 5.78 Å². The van der Waals surface area contributed by atoms with E-state index >= 15 is 0 Å². The van der Waals surface area contributed by atoms with Gasteiger partial charge in [0.1, 0.15) is 0 Å². The van der Waals surface area contributed by atoms with E-state index < -0.39 is 0 Å². The Morgan fingerprint density at radius 2 is 2.05 bits per heavy atom. The van der Waals surface area contributed by atoms with Gasteiger partial charge in [0.15, 0.2) is 11.4 Å². The van der Waals surface area contributed by atoms with Crippen LogP contribution >= 0.6 is 0 Å². The Labute approximate surface area is 109 Å². The fraction of sp³-hybridized carbons (Fsp3) is 0.0625. The number of carbonyl (C=O) groups excluding carboxylic acids is 1. The number of para-hydroxylation sites is 1. The second-order valence-electron chi connectivity index (χ2n) is 4.67. The van der Waals surface area contributed by atoms with Gasteiger partial charge in [-0.25, -0.2) is 9.97 Å². The fourth-order valence-corrected chi connectivity index (χ4v) is 2.57. The van der Waals surface area contributed by atoms with Gasteiger partial charge in [-0.05, 0) is 12.1 Å². The zero-order valence-corrected chi connectivity index (χ0v) is 10.1. The number of carbonyl (C=O) groups is 1. The molecule has 0 unspecified atom stereocenters. The lowest BCUT2D eigenvalue weighted by Crippen LogP contribution is -2.06. The molecule has 3 aromatic rings. The lowest BCUT2D eigenvalue weighted by atomic mass is 9.94. The van der Waals surface area contributed by atoms with Crippen LogP contribution < -0.4 is 0 Å². The molecule has 0 radical (unpaired) electrons. The van der Waals surface area contributed by atoms with Crippen LogP contribution in [0.25, 0.3) is 28.0 Å². The Hall–Kier alpha value is -2.55. The third-order valence-corrected chi connectivity index (χ3v) is 3.47. The Morgan fingerprint density at radius 1 is 1.16 bits per heavy atom. The van der Waals surface area contributed by atoms with Crippen LogP contribution in [0, 0.1) is 0 Å². The molecule has 0 bridgehead atoms. The molecule has 0 aliphatic heterocycles. The summed E-state index contributed by atoms with van der Waals surface area (Å²) < 4.78 is 0. The van der Waals surface area contributed by atoms with Gasteiger partial charge in [0.05, 0.1) is 5.52 Å². The van der Waals surface area contributed by atoms with Gasteiger partial charge in [0, 0.05) is 34.5 Å². The van der Waals surface area contributed by atoms with Crippen molar-refractivity contribution in [1.82, 2.24) is 9.97 Å². The minimum Gasteiger partial charge on any atom is -0.294 e. The largest absolute Gasteiger partial charge is 0.294 e. The van der Waals surface area contributed by atoms with E-state index in [1.807, 2.05) is 42.5 Å². The van der Waals surface area contributed by atoms with Gasteiger partial charge in [-0.2, -0.15) is 0 Å². The Morgan fingerprint density at radius 3 is 3.00 bits per heavy atom. The molecule has 0 saturated carbocycles. The van der Waals surface area contributed by atoms with Crippen molar-refractivity contribution >= 4 is 33.8 Å². The molecule has 2 heterocycles. The molecular weight excluding hydrogens is 236 g/mol. The highest BCUT2D eigenvalue weighted by Gasteiger charge is 2.18. The van der Waals surface area contributed by atoms with Crippen LogP contribution in [0.3, 0.4) is 0 Å². The fourth-order valence-electron chi connectivity index (χ4n) is 2.57. The first-order valence-electron chi connectivity index (χ1n) is 6.21. The highest BCUT2D eigenvalue weighted by Crippen LogP contribution is 2.27. The second kappa shape index (κ2) is 3.72. The first-order valence-corrected chi connectivity index (χ1v) is 6.21. The van der Waals surface area contributed by atoms with Crippen LogP contribution in [-0.4, -0.2) is 15.8 Å². The number of aromatic nitrogens is 2. The molecule has 0 spiro atoms. The number of Topliss-reactive ketones (excluding diaryl/α,β-unsaturated/α-hetero) is 1. The number of rotatable bonds is 0. The molecule has 0 fully saturated rings. The molecule has 1 aliphatic rings. The summed E-state index contributed by atoms with van der Waals surface area (Å²) in [7, 11) is 0. The summed E-state index contributed by atoms with van der Waals surface area (Å²) in [4.78, 5) is 21.0. The van der Waals surface area contributed by atoms with Crippen LogP contribution in [0.1, 0.15) is 22.3 Å². The Bertz CT molecular complexity index is 865. The van der Waals surface area contributed by atoms with Crippen LogP contribution in [0.4, 0.5) is 0 Å². The van der Waals surface area contributed by atoms with Gasteiger partial charge in [-0.1, -0.05) is 30.4 Å². The molecule has 1 aliphatic carbocycles. The van der Waals surface area contributed by atoms with Crippen LogP contribution in [-0.2, 0) is 0 Å². The first kappa shape index (κ1) is 10.4. The second-order valence-corrected chi connectivity index (χ2v) is 4.67. The highest BCUT2D eigenvalue weighted by molar-refractivity contribution is 6.13. The number of hydrogen-bond acceptors (Lipinski definition) is 3. The van der Waals surface area contributed by atoms with Gasteiger partial charge in [0.25, 0.3) is 0 Å². The van der Waals surface area contributed by atoms with E-state index in [2.05, 4.69) is 9.97 Å². The van der Waals surface area contributed by atoms with Gasteiger partial charge in [-0.3, -0.25) is 4.79 Å². The SMILES string of the molecule is O=C1CC=Cc2cnc3nc4ccccc4cc3c21. The maximum Gasteiger partial charge on any atom is 0.168 e. The van der Waals surface area contributed by atoms with Crippen LogP contribution in [0.2, 0.25) is 0 Å². The Kier molecular flexibility index (Phi) is 2.03. The Balaban J connectivity index is 2.19. The van der Waals surface area contributed by atoms with Crippen molar-refractivity contribution in [1.29, 1.82) is 0 Å².